The molecule has 0 radical (unpaired) electrons. The fraction of sp³-hybridized carbons (Fsp3) is 0.0769. The normalized spacial score (nSPS) is 11.7. The molecule has 144 valence electrons. The third-order valence-corrected chi connectivity index (χ3v) is 19.4. The predicted octanol–water partition coefficient (Wildman–Crippen LogP) is 7.65. The van der Waals surface area contributed by atoms with E-state index in [0.717, 1.165) is 0 Å². The van der Waals surface area contributed by atoms with Crippen LogP contribution in [0.15, 0.2) is 121 Å². The second-order valence-electron chi connectivity index (χ2n) is 7.18. The SMILES string of the molecule is [Cl][Sn]([Cl])([CH](c1ccccc1)c1ccccc1)[CH](c1ccccc1)c1ccccc1. The van der Waals surface area contributed by atoms with Crippen molar-refractivity contribution in [2.24, 2.45) is 0 Å². The molecule has 0 nitrogen and oxygen atoms in total. The van der Waals surface area contributed by atoms with Gasteiger partial charge in [-0.2, -0.15) is 0 Å². The summed E-state index contributed by atoms with van der Waals surface area (Å²) in [6, 6.07) is 42.0. The van der Waals surface area contributed by atoms with Gasteiger partial charge < -0.3 is 0 Å². The van der Waals surface area contributed by atoms with E-state index in [9.17, 15) is 0 Å². The topological polar surface area (TPSA) is 0 Å². The van der Waals surface area contributed by atoms with Gasteiger partial charge in [0.25, 0.3) is 0 Å². The summed E-state index contributed by atoms with van der Waals surface area (Å²) in [6.07, 6.45) is 0. The molecule has 0 aromatic heterocycles. The Kier molecular flexibility index (Phi) is 6.64. The van der Waals surface area contributed by atoms with Crippen molar-refractivity contribution >= 4 is 34.0 Å². The summed E-state index contributed by atoms with van der Waals surface area (Å²) in [4.78, 5) is 0. The zero-order valence-corrected chi connectivity index (χ0v) is 20.3. The average molecular weight is 524 g/mol. The summed E-state index contributed by atoms with van der Waals surface area (Å²) < 4.78 is 0.0286. The van der Waals surface area contributed by atoms with E-state index in [1.165, 1.54) is 22.3 Å². The van der Waals surface area contributed by atoms with Crippen molar-refractivity contribution < 1.29 is 0 Å². The zero-order chi connectivity index (χ0) is 20.1. The first-order chi connectivity index (χ1) is 14.2. The van der Waals surface area contributed by atoms with E-state index >= 15 is 0 Å². The molecule has 0 aliphatic carbocycles. The Bertz CT molecular complexity index is 855. The number of halogens is 2. The summed E-state index contributed by atoms with van der Waals surface area (Å²) in [5.41, 5.74) is 4.76. The van der Waals surface area contributed by atoms with Crippen LogP contribution in [0.5, 0.6) is 0 Å². The van der Waals surface area contributed by atoms with Crippen molar-refractivity contribution in [2.45, 2.75) is 7.87 Å². The van der Waals surface area contributed by atoms with Crippen LogP contribution in [0.25, 0.3) is 0 Å². The van der Waals surface area contributed by atoms with Crippen molar-refractivity contribution in [2.75, 3.05) is 0 Å². The first-order valence-corrected chi connectivity index (χ1v) is 20.3. The van der Waals surface area contributed by atoms with Crippen molar-refractivity contribution in [1.82, 2.24) is 0 Å². The van der Waals surface area contributed by atoms with E-state index in [2.05, 4.69) is 97.1 Å². The molecule has 0 aliphatic rings. The van der Waals surface area contributed by atoms with Crippen LogP contribution in [0.4, 0.5) is 0 Å². The van der Waals surface area contributed by atoms with Crippen molar-refractivity contribution in [1.29, 1.82) is 0 Å². The third kappa shape index (κ3) is 4.55. The van der Waals surface area contributed by atoms with E-state index in [1.807, 2.05) is 24.3 Å². The molecule has 3 heteroatoms. The summed E-state index contributed by atoms with van der Waals surface area (Å²) in [5.74, 6) is 0. The fourth-order valence-electron chi connectivity index (χ4n) is 4.02. The maximum atomic E-state index is 7.58. The monoisotopic (exact) mass is 524 g/mol. The number of benzene rings is 4. The molecule has 0 spiro atoms. The average Bonchev–Trinajstić information content (AvgIpc) is 2.77. The Morgan fingerprint density at radius 3 is 0.793 bits per heavy atom. The number of hydrogen-bond acceptors (Lipinski definition) is 0. The second kappa shape index (κ2) is 9.38. The Morgan fingerprint density at radius 1 is 0.379 bits per heavy atom. The number of rotatable bonds is 6. The second-order valence-corrected chi connectivity index (χ2v) is 24.0. The molecule has 4 aromatic rings. The minimum absolute atomic E-state index is 0.0143. The molecule has 0 fully saturated rings. The van der Waals surface area contributed by atoms with Gasteiger partial charge in [-0.15, -0.1) is 0 Å². The van der Waals surface area contributed by atoms with Gasteiger partial charge in [0.2, 0.25) is 0 Å². The van der Waals surface area contributed by atoms with Crippen LogP contribution in [-0.4, -0.2) is 16.1 Å². The molecular weight excluding hydrogens is 502 g/mol. The molecular formula is C26H22Cl2Sn. The molecule has 0 unspecified atom stereocenters. The molecule has 0 N–H and O–H groups in total. The van der Waals surface area contributed by atoms with Crippen LogP contribution >= 0.6 is 17.8 Å². The minimum atomic E-state index is -3.94. The summed E-state index contributed by atoms with van der Waals surface area (Å²) in [7, 11) is 15.2. The van der Waals surface area contributed by atoms with E-state index in [4.69, 9.17) is 17.8 Å². The molecule has 0 bridgehead atoms. The Balaban J connectivity index is 1.91. The first kappa shape index (κ1) is 20.5. The molecule has 0 saturated carbocycles. The van der Waals surface area contributed by atoms with Gasteiger partial charge in [-0.05, 0) is 0 Å². The van der Waals surface area contributed by atoms with Crippen LogP contribution in [-0.2, 0) is 0 Å². The fourth-order valence-corrected chi connectivity index (χ4v) is 19.0. The van der Waals surface area contributed by atoms with Gasteiger partial charge in [-0.25, -0.2) is 0 Å². The quantitative estimate of drug-likeness (QED) is 0.228. The van der Waals surface area contributed by atoms with Gasteiger partial charge in [0.15, 0.2) is 0 Å². The van der Waals surface area contributed by atoms with Crippen LogP contribution in [0.2, 0.25) is 0 Å². The predicted molar refractivity (Wildman–Crippen MR) is 127 cm³/mol. The Morgan fingerprint density at radius 2 is 0.586 bits per heavy atom. The van der Waals surface area contributed by atoms with Crippen molar-refractivity contribution in [3.05, 3.63) is 144 Å². The standard InChI is InChI=1S/2C13H11.2ClH.Sn/c2*1-3-7-12(8-4-1)11-13-9-5-2-6-10-13;;;/h2*1-11H;2*1H;/q;;;;+2/p-2. The molecule has 4 rings (SSSR count). The molecule has 0 aliphatic heterocycles. The Hall–Kier alpha value is -1.74. The number of hydrogen-bond donors (Lipinski definition) is 0. The zero-order valence-electron chi connectivity index (χ0n) is 16.0. The van der Waals surface area contributed by atoms with E-state index < -0.39 is 16.1 Å². The van der Waals surface area contributed by atoms with Crippen molar-refractivity contribution in [3.8, 4) is 0 Å². The molecule has 29 heavy (non-hydrogen) atoms. The van der Waals surface area contributed by atoms with Gasteiger partial charge in [0.1, 0.15) is 0 Å². The van der Waals surface area contributed by atoms with Crippen LogP contribution in [0, 0.1) is 0 Å². The molecule has 0 saturated heterocycles. The third-order valence-electron chi connectivity index (χ3n) is 5.30. The van der Waals surface area contributed by atoms with E-state index in [1.54, 1.807) is 0 Å². The first-order valence-electron chi connectivity index (χ1n) is 9.75. The summed E-state index contributed by atoms with van der Waals surface area (Å²) in [5, 5.41) is 0. The van der Waals surface area contributed by atoms with Gasteiger partial charge in [-0.1, -0.05) is 0 Å². The van der Waals surface area contributed by atoms with Gasteiger partial charge in [0, 0.05) is 0 Å². The molecule has 0 atom stereocenters. The van der Waals surface area contributed by atoms with Gasteiger partial charge in [0.05, 0.1) is 0 Å². The van der Waals surface area contributed by atoms with Crippen molar-refractivity contribution in [3.63, 3.8) is 0 Å². The van der Waals surface area contributed by atoms with Crippen LogP contribution in [0.1, 0.15) is 30.1 Å². The van der Waals surface area contributed by atoms with E-state index in [0.29, 0.717) is 0 Å². The molecule has 4 aromatic carbocycles. The molecule has 0 amide bonds. The van der Waals surface area contributed by atoms with Crippen LogP contribution in [0.3, 0.4) is 0 Å². The van der Waals surface area contributed by atoms with Gasteiger partial charge >= 0.3 is 185 Å². The molecule has 0 heterocycles. The maximum absolute atomic E-state index is 7.58. The van der Waals surface area contributed by atoms with Gasteiger partial charge in [-0.3, -0.25) is 0 Å². The van der Waals surface area contributed by atoms with E-state index in [-0.39, 0.29) is 7.87 Å². The van der Waals surface area contributed by atoms with Crippen LogP contribution < -0.4 is 0 Å². The summed E-state index contributed by atoms with van der Waals surface area (Å²) >= 11 is -3.94. The summed E-state index contributed by atoms with van der Waals surface area (Å²) in [6.45, 7) is 0. The Labute approximate surface area is 184 Å².